The van der Waals surface area contributed by atoms with E-state index in [0.717, 1.165) is 0 Å². The van der Waals surface area contributed by atoms with Crippen LogP contribution in [0.2, 0.25) is 0 Å². The van der Waals surface area contributed by atoms with Crippen molar-refractivity contribution in [1.82, 2.24) is 0 Å². The Bertz CT molecular complexity index is 1970. The zero-order chi connectivity index (χ0) is 30.4. The van der Waals surface area contributed by atoms with Crippen LogP contribution in [0.4, 0.5) is 0 Å². The number of methoxy groups -OCH3 is 2. The highest BCUT2D eigenvalue weighted by Gasteiger charge is 2.41. The van der Waals surface area contributed by atoms with Gasteiger partial charge >= 0.3 is 0 Å². The summed E-state index contributed by atoms with van der Waals surface area (Å²) in [6, 6.07) is 6.64. The van der Waals surface area contributed by atoms with Gasteiger partial charge in [-0.25, -0.2) is 0 Å². The lowest BCUT2D eigenvalue weighted by atomic mass is 9.75. The fraction of sp³-hybridized carbons (Fsp3) is 0.188. The van der Waals surface area contributed by atoms with Crippen molar-refractivity contribution in [2.24, 2.45) is 5.92 Å². The van der Waals surface area contributed by atoms with Gasteiger partial charge in [0.1, 0.15) is 34.5 Å². The van der Waals surface area contributed by atoms with Gasteiger partial charge < -0.3 is 29.9 Å². The van der Waals surface area contributed by atoms with Gasteiger partial charge in [0.05, 0.1) is 41.9 Å². The molecule has 4 aromatic carbocycles. The third kappa shape index (κ3) is 3.44. The van der Waals surface area contributed by atoms with Gasteiger partial charge in [-0.2, -0.15) is 0 Å². The van der Waals surface area contributed by atoms with E-state index < -0.39 is 57.6 Å². The summed E-state index contributed by atoms with van der Waals surface area (Å²) in [5, 5.41) is 44.4. The van der Waals surface area contributed by atoms with Gasteiger partial charge in [-0.05, 0) is 36.8 Å². The van der Waals surface area contributed by atoms with E-state index in [0.29, 0.717) is 5.56 Å². The summed E-state index contributed by atoms with van der Waals surface area (Å²) in [6.07, 6.45) is -0.197. The van der Waals surface area contributed by atoms with Crippen molar-refractivity contribution in [2.45, 2.75) is 20.3 Å². The lowest BCUT2D eigenvalue weighted by Crippen LogP contribution is -2.26. The molecule has 0 heterocycles. The van der Waals surface area contributed by atoms with Gasteiger partial charge in [-0.3, -0.25) is 19.2 Å². The fourth-order valence-electron chi connectivity index (χ4n) is 6.08. The number of rotatable bonds is 3. The minimum Gasteiger partial charge on any atom is -0.507 e. The third-order valence-electron chi connectivity index (χ3n) is 7.97. The van der Waals surface area contributed by atoms with Crippen LogP contribution in [-0.2, 0) is 0 Å². The minimum absolute atomic E-state index is 0.0142. The first-order valence-electron chi connectivity index (χ1n) is 13.0. The number of carbonyl (C=O) groups is 4. The molecule has 0 saturated heterocycles. The molecular formula is C32H24O10. The number of carbonyl (C=O) groups excluding carboxylic acids is 4. The van der Waals surface area contributed by atoms with Gasteiger partial charge in [0.25, 0.3) is 0 Å². The number of hydrogen-bond acceptors (Lipinski definition) is 10. The summed E-state index contributed by atoms with van der Waals surface area (Å²) in [7, 11) is 2.59. The van der Waals surface area contributed by atoms with Gasteiger partial charge in [-0.15, -0.1) is 0 Å². The van der Waals surface area contributed by atoms with Crippen LogP contribution >= 0.6 is 0 Å². The topological polar surface area (TPSA) is 168 Å². The van der Waals surface area contributed by atoms with Crippen molar-refractivity contribution in [3.8, 4) is 45.6 Å². The molecule has 0 fully saturated rings. The number of benzene rings is 4. The van der Waals surface area contributed by atoms with Crippen LogP contribution in [0.25, 0.3) is 21.9 Å². The average molecular weight is 569 g/mol. The summed E-state index contributed by atoms with van der Waals surface area (Å²) in [4.78, 5) is 54.3. The molecule has 2 aliphatic rings. The first-order chi connectivity index (χ1) is 19.9. The molecule has 10 nitrogen and oxygen atoms in total. The van der Waals surface area contributed by atoms with E-state index in [4.69, 9.17) is 9.47 Å². The van der Waals surface area contributed by atoms with Crippen LogP contribution in [0.1, 0.15) is 71.5 Å². The monoisotopic (exact) mass is 568 g/mol. The molecule has 2 aliphatic carbocycles. The van der Waals surface area contributed by atoms with Crippen molar-refractivity contribution < 1.29 is 49.1 Å². The second-order valence-electron chi connectivity index (χ2n) is 10.5. The molecule has 4 N–H and O–H groups in total. The molecule has 4 aromatic rings. The summed E-state index contributed by atoms with van der Waals surface area (Å²) < 4.78 is 10.9. The lowest BCUT2D eigenvalue weighted by molar-refractivity contribution is 0.0833. The number of ether oxygens (including phenoxy) is 2. The van der Waals surface area contributed by atoms with Crippen LogP contribution in [0, 0.1) is 12.8 Å². The molecule has 212 valence electrons. The predicted molar refractivity (Wildman–Crippen MR) is 150 cm³/mol. The Hall–Kier alpha value is -5.38. The number of phenols is 4. The van der Waals surface area contributed by atoms with E-state index in [-0.39, 0.29) is 67.6 Å². The third-order valence-corrected chi connectivity index (χ3v) is 7.97. The van der Waals surface area contributed by atoms with Crippen molar-refractivity contribution in [3.05, 3.63) is 69.3 Å². The summed E-state index contributed by atoms with van der Waals surface area (Å²) in [5.41, 5.74) is -1.34. The minimum atomic E-state index is -0.841. The Labute approximate surface area is 238 Å². The second-order valence-corrected chi connectivity index (χ2v) is 10.5. The number of phenolic OH excluding ortho intramolecular Hbond substituents is 4. The number of fused-ring (bicyclic) bond motifs is 4. The van der Waals surface area contributed by atoms with E-state index in [2.05, 4.69) is 0 Å². The van der Waals surface area contributed by atoms with Crippen molar-refractivity contribution in [1.29, 1.82) is 0 Å². The van der Waals surface area contributed by atoms with Crippen LogP contribution < -0.4 is 9.47 Å². The summed E-state index contributed by atoms with van der Waals surface area (Å²) in [5.74, 6) is -5.65. The molecule has 1 atom stereocenters. The molecule has 0 amide bonds. The highest BCUT2D eigenvalue weighted by molar-refractivity contribution is 6.32. The Morgan fingerprint density at radius 1 is 0.690 bits per heavy atom. The van der Waals surface area contributed by atoms with Crippen molar-refractivity contribution in [2.75, 3.05) is 14.2 Å². The first kappa shape index (κ1) is 26.8. The Morgan fingerprint density at radius 3 is 2.05 bits per heavy atom. The maximum atomic E-state index is 13.8. The average Bonchev–Trinajstić information content (AvgIpc) is 2.93. The molecule has 0 aromatic heterocycles. The van der Waals surface area contributed by atoms with Crippen LogP contribution in [0.15, 0.2) is 30.3 Å². The molecule has 0 radical (unpaired) electrons. The summed E-state index contributed by atoms with van der Waals surface area (Å²) >= 11 is 0. The predicted octanol–water partition coefficient (Wildman–Crippen LogP) is 4.84. The molecule has 0 saturated carbocycles. The standard InChI is InChI=1S/C32H24O10/c1-11-5-15-22(17(33)6-11)30(38)24-16(29(15)37)10-20(42-4)26(32(24)40)23-14-8-13(41-3)9-19(35)21(14)31(39)25-18(34)7-12(2)28(36)27(23)25/h5-6,8-10,12,33,35,39-40H,7H2,1-4H3. The number of aromatic hydroxyl groups is 4. The quantitative estimate of drug-likeness (QED) is 0.236. The molecule has 6 rings (SSSR count). The Balaban J connectivity index is 1.82. The number of ketones is 4. The molecule has 0 bridgehead atoms. The highest BCUT2D eigenvalue weighted by atomic mass is 16.5. The maximum absolute atomic E-state index is 13.8. The normalized spacial score (nSPS) is 15.9. The lowest BCUT2D eigenvalue weighted by Gasteiger charge is -2.28. The fourth-order valence-corrected chi connectivity index (χ4v) is 6.08. The smallest absolute Gasteiger partial charge is 0.201 e. The zero-order valence-corrected chi connectivity index (χ0v) is 22.9. The van der Waals surface area contributed by atoms with E-state index in [1.165, 1.54) is 44.6 Å². The van der Waals surface area contributed by atoms with E-state index in [1.807, 2.05) is 0 Å². The molecule has 0 aliphatic heterocycles. The first-order valence-corrected chi connectivity index (χ1v) is 13.0. The highest BCUT2D eigenvalue weighted by Crippen LogP contribution is 2.54. The van der Waals surface area contributed by atoms with Crippen molar-refractivity contribution >= 4 is 33.9 Å². The van der Waals surface area contributed by atoms with Gasteiger partial charge in [-0.1, -0.05) is 6.92 Å². The molecule has 42 heavy (non-hydrogen) atoms. The van der Waals surface area contributed by atoms with Gasteiger partial charge in [0.15, 0.2) is 17.3 Å². The second kappa shape index (κ2) is 9.07. The van der Waals surface area contributed by atoms with Crippen LogP contribution in [-0.4, -0.2) is 57.8 Å². The SMILES string of the molecule is COc1cc(O)c2c(O)c3c(c(-c4c(OC)cc5c(c4O)C(=O)c4c(O)cc(C)cc4C5=O)c2c1)C(=O)C(C)CC3=O. The van der Waals surface area contributed by atoms with Crippen LogP contribution in [0.3, 0.4) is 0 Å². The number of aryl methyl sites for hydroxylation is 1. The maximum Gasteiger partial charge on any atom is 0.201 e. The van der Waals surface area contributed by atoms with E-state index in [1.54, 1.807) is 13.8 Å². The molecule has 1 unspecified atom stereocenters. The molecule has 0 spiro atoms. The molecule has 10 heteroatoms. The van der Waals surface area contributed by atoms with Gasteiger partial charge in [0, 0.05) is 46.0 Å². The Kier molecular flexibility index (Phi) is 5.79. The largest absolute Gasteiger partial charge is 0.507 e. The van der Waals surface area contributed by atoms with Crippen LogP contribution in [0.5, 0.6) is 34.5 Å². The summed E-state index contributed by atoms with van der Waals surface area (Å²) in [6.45, 7) is 3.20. The molecular weight excluding hydrogens is 544 g/mol. The van der Waals surface area contributed by atoms with E-state index in [9.17, 15) is 39.6 Å². The van der Waals surface area contributed by atoms with Gasteiger partial charge in [0.2, 0.25) is 5.78 Å². The number of Topliss-reactive ketones (excluding diaryl/α,β-unsaturated/α-hetero) is 2. The zero-order valence-electron chi connectivity index (χ0n) is 22.9. The number of hydrogen-bond donors (Lipinski definition) is 4. The van der Waals surface area contributed by atoms with E-state index >= 15 is 0 Å². The Morgan fingerprint density at radius 2 is 1.38 bits per heavy atom. The van der Waals surface area contributed by atoms with Crippen molar-refractivity contribution in [3.63, 3.8) is 0 Å².